The van der Waals surface area contributed by atoms with Crippen molar-refractivity contribution in [3.05, 3.63) is 23.8 Å². The third-order valence-corrected chi connectivity index (χ3v) is 3.14. The summed E-state index contributed by atoms with van der Waals surface area (Å²) in [6.45, 7) is 6.24. The summed E-state index contributed by atoms with van der Waals surface area (Å²) in [6, 6.07) is 0. The Balaban J connectivity index is 2.00. The molecule has 0 N–H and O–H groups in total. The van der Waals surface area contributed by atoms with Gasteiger partial charge in [0.15, 0.2) is 0 Å². The summed E-state index contributed by atoms with van der Waals surface area (Å²) in [7, 11) is 1.81. The van der Waals surface area contributed by atoms with E-state index in [0.717, 1.165) is 25.5 Å². The predicted octanol–water partition coefficient (Wildman–Crippen LogP) is 1.15. The zero-order valence-corrected chi connectivity index (χ0v) is 11.1. The van der Waals surface area contributed by atoms with Gasteiger partial charge < -0.3 is 9.64 Å². The van der Waals surface area contributed by atoms with Crippen LogP contribution in [-0.4, -0.2) is 47.6 Å². The second-order valence-corrected chi connectivity index (χ2v) is 5.21. The lowest BCUT2D eigenvalue weighted by atomic mass is 9.88. The molecule has 18 heavy (non-hydrogen) atoms. The fourth-order valence-corrected chi connectivity index (χ4v) is 2.05. The fourth-order valence-electron chi connectivity index (χ4n) is 2.05. The summed E-state index contributed by atoms with van der Waals surface area (Å²) in [4.78, 5) is 22.2. The molecule has 2 rings (SSSR count). The molecular weight excluding hydrogens is 230 g/mol. The fraction of sp³-hybridized carbons (Fsp3) is 0.615. The first-order valence-electron chi connectivity index (χ1n) is 6.18. The summed E-state index contributed by atoms with van der Waals surface area (Å²) in [5, 5.41) is 0. The largest absolute Gasteiger partial charge is 0.380 e. The van der Waals surface area contributed by atoms with Gasteiger partial charge in [0.1, 0.15) is 5.82 Å². The van der Waals surface area contributed by atoms with E-state index in [9.17, 15) is 4.79 Å². The van der Waals surface area contributed by atoms with E-state index in [4.69, 9.17) is 4.74 Å². The highest BCUT2D eigenvalue weighted by Gasteiger charge is 2.35. The standard InChI is InChI=1S/C13H19N3O2/c1-4-11-14-5-10(6-15-11)12(17)16(3)7-13(2)8-18-9-13/h5-6H,4,7-9H2,1-3H3. The minimum atomic E-state index is -0.0363. The topological polar surface area (TPSA) is 55.3 Å². The molecule has 1 saturated heterocycles. The van der Waals surface area contributed by atoms with Gasteiger partial charge in [0.05, 0.1) is 18.8 Å². The number of ether oxygens (including phenoxy) is 1. The molecular formula is C13H19N3O2. The van der Waals surface area contributed by atoms with E-state index in [-0.39, 0.29) is 11.3 Å². The van der Waals surface area contributed by atoms with E-state index in [0.29, 0.717) is 12.1 Å². The van der Waals surface area contributed by atoms with Gasteiger partial charge in [0.2, 0.25) is 0 Å². The van der Waals surface area contributed by atoms with Crippen LogP contribution in [0.25, 0.3) is 0 Å². The van der Waals surface area contributed by atoms with Gasteiger partial charge in [0, 0.05) is 37.8 Å². The highest BCUT2D eigenvalue weighted by atomic mass is 16.5. The molecule has 0 spiro atoms. The molecule has 0 aromatic carbocycles. The Bertz CT molecular complexity index is 426. The smallest absolute Gasteiger partial charge is 0.256 e. The summed E-state index contributed by atoms with van der Waals surface area (Å²) in [5.41, 5.74) is 0.632. The minimum Gasteiger partial charge on any atom is -0.380 e. The van der Waals surface area contributed by atoms with Crippen LogP contribution in [0.1, 0.15) is 30.0 Å². The van der Waals surface area contributed by atoms with Crippen LogP contribution in [0.2, 0.25) is 0 Å². The van der Waals surface area contributed by atoms with Gasteiger partial charge in [-0.15, -0.1) is 0 Å². The molecule has 0 unspecified atom stereocenters. The highest BCUT2D eigenvalue weighted by molar-refractivity contribution is 5.93. The SMILES string of the molecule is CCc1ncc(C(=O)N(C)CC2(C)COC2)cn1. The summed E-state index contributed by atoms with van der Waals surface area (Å²) < 4.78 is 5.19. The molecule has 0 saturated carbocycles. The second-order valence-electron chi connectivity index (χ2n) is 5.21. The normalized spacial score (nSPS) is 17.1. The van der Waals surface area contributed by atoms with Gasteiger partial charge in [0.25, 0.3) is 5.91 Å². The molecule has 0 atom stereocenters. The third-order valence-electron chi connectivity index (χ3n) is 3.14. The van der Waals surface area contributed by atoms with Gasteiger partial charge in [-0.1, -0.05) is 13.8 Å². The van der Waals surface area contributed by atoms with Crippen molar-refractivity contribution in [1.82, 2.24) is 14.9 Å². The molecule has 0 aliphatic carbocycles. The average molecular weight is 249 g/mol. The van der Waals surface area contributed by atoms with Crippen molar-refractivity contribution in [2.45, 2.75) is 20.3 Å². The van der Waals surface area contributed by atoms with Crippen molar-refractivity contribution in [1.29, 1.82) is 0 Å². The monoisotopic (exact) mass is 249 g/mol. The van der Waals surface area contributed by atoms with Gasteiger partial charge in [-0.3, -0.25) is 4.79 Å². The molecule has 1 aromatic heterocycles. The maximum atomic E-state index is 12.2. The lowest BCUT2D eigenvalue weighted by molar-refractivity contribution is -0.109. The van der Waals surface area contributed by atoms with Crippen LogP contribution in [0.4, 0.5) is 0 Å². The molecule has 1 aromatic rings. The zero-order valence-electron chi connectivity index (χ0n) is 11.1. The van der Waals surface area contributed by atoms with Crippen LogP contribution < -0.4 is 0 Å². The molecule has 98 valence electrons. The minimum absolute atomic E-state index is 0.0363. The number of aryl methyl sites for hydroxylation is 1. The Kier molecular flexibility index (Phi) is 3.61. The summed E-state index contributed by atoms with van der Waals surface area (Å²) in [5.74, 6) is 0.722. The van der Waals surface area contributed by atoms with E-state index >= 15 is 0 Å². The van der Waals surface area contributed by atoms with Crippen LogP contribution in [0.3, 0.4) is 0 Å². The number of aromatic nitrogens is 2. The van der Waals surface area contributed by atoms with Gasteiger partial charge in [-0.25, -0.2) is 9.97 Å². The molecule has 1 aliphatic heterocycles. The molecule has 0 bridgehead atoms. The van der Waals surface area contributed by atoms with Crippen molar-refractivity contribution in [2.24, 2.45) is 5.41 Å². The van der Waals surface area contributed by atoms with Crippen LogP contribution >= 0.6 is 0 Å². The lowest BCUT2D eigenvalue weighted by Gasteiger charge is -2.40. The van der Waals surface area contributed by atoms with Crippen LogP contribution in [0.5, 0.6) is 0 Å². The first-order valence-corrected chi connectivity index (χ1v) is 6.18. The van der Waals surface area contributed by atoms with E-state index in [1.165, 1.54) is 0 Å². The highest BCUT2D eigenvalue weighted by Crippen LogP contribution is 2.27. The number of hydrogen-bond donors (Lipinski definition) is 0. The number of nitrogens with zero attached hydrogens (tertiary/aromatic N) is 3. The molecule has 1 aliphatic rings. The Hall–Kier alpha value is -1.49. The van der Waals surface area contributed by atoms with Gasteiger partial charge in [-0.2, -0.15) is 0 Å². The predicted molar refractivity (Wildman–Crippen MR) is 67.3 cm³/mol. The van der Waals surface area contributed by atoms with E-state index in [2.05, 4.69) is 16.9 Å². The van der Waals surface area contributed by atoms with Crippen LogP contribution in [0.15, 0.2) is 12.4 Å². The number of hydrogen-bond acceptors (Lipinski definition) is 4. The Morgan fingerprint density at radius 2 is 2.06 bits per heavy atom. The lowest BCUT2D eigenvalue weighted by Crippen LogP contribution is -2.49. The maximum Gasteiger partial charge on any atom is 0.256 e. The molecule has 2 heterocycles. The Labute approximate surface area is 107 Å². The van der Waals surface area contributed by atoms with E-state index in [1.807, 2.05) is 6.92 Å². The van der Waals surface area contributed by atoms with Crippen LogP contribution in [-0.2, 0) is 11.2 Å². The molecule has 1 fully saturated rings. The van der Waals surface area contributed by atoms with Crippen molar-refractivity contribution >= 4 is 5.91 Å². The van der Waals surface area contributed by atoms with Crippen LogP contribution in [0, 0.1) is 5.41 Å². The Morgan fingerprint density at radius 1 is 1.44 bits per heavy atom. The summed E-state index contributed by atoms with van der Waals surface area (Å²) >= 11 is 0. The van der Waals surface area contributed by atoms with E-state index in [1.54, 1.807) is 24.3 Å². The third kappa shape index (κ3) is 2.67. The number of carbonyl (C=O) groups is 1. The quantitative estimate of drug-likeness (QED) is 0.803. The molecule has 0 radical (unpaired) electrons. The molecule has 1 amide bonds. The van der Waals surface area contributed by atoms with Crippen molar-refractivity contribution in [3.63, 3.8) is 0 Å². The second kappa shape index (κ2) is 5.02. The average Bonchev–Trinajstić information content (AvgIpc) is 2.36. The zero-order chi connectivity index (χ0) is 13.2. The van der Waals surface area contributed by atoms with Gasteiger partial charge in [-0.05, 0) is 0 Å². The number of rotatable bonds is 4. The van der Waals surface area contributed by atoms with Crippen molar-refractivity contribution < 1.29 is 9.53 Å². The van der Waals surface area contributed by atoms with Gasteiger partial charge >= 0.3 is 0 Å². The molecule has 5 nitrogen and oxygen atoms in total. The van der Waals surface area contributed by atoms with Crippen molar-refractivity contribution in [3.8, 4) is 0 Å². The summed E-state index contributed by atoms with van der Waals surface area (Å²) in [6.07, 6.45) is 3.98. The Morgan fingerprint density at radius 3 is 2.50 bits per heavy atom. The molecule has 5 heteroatoms. The first kappa shape index (κ1) is 13.0. The van der Waals surface area contributed by atoms with E-state index < -0.39 is 0 Å². The van der Waals surface area contributed by atoms with Crippen molar-refractivity contribution in [2.75, 3.05) is 26.8 Å². The number of amides is 1. The maximum absolute atomic E-state index is 12.2. The first-order chi connectivity index (χ1) is 8.54. The number of carbonyl (C=O) groups excluding carboxylic acids is 1.